The van der Waals surface area contributed by atoms with Crippen LogP contribution in [0, 0.1) is 6.92 Å². The number of likely N-dealkylation sites (tertiary alicyclic amines) is 1. The highest BCUT2D eigenvalue weighted by molar-refractivity contribution is 5.94. The smallest absolute Gasteiger partial charge is 0.253 e. The van der Waals surface area contributed by atoms with E-state index in [1.54, 1.807) is 7.11 Å². The maximum Gasteiger partial charge on any atom is 0.253 e. The van der Waals surface area contributed by atoms with E-state index in [2.05, 4.69) is 34.0 Å². The molecule has 2 aliphatic rings. The van der Waals surface area contributed by atoms with Crippen molar-refractivity contribution in [2.45, 2.75) is 51.7 Å². The first-order chi connectivity index (χ1) is 14.0. The third kappa shape index (κ3) is 4.27. The molecule has 6 nitrogen and oxygen atoms in total. The van der Waals surface area contributed by atoms with Gasteiger partial charge in [0.2, 0.25) is 0 Å². The molecule has 1 aliphatic heterocycles. The molecule has 29 heavy (non-hydrogen) atoms. The summed E-state index contributed by atoms with van der Waals surface area (Å²) in [5.74, 6) is 1.73. The van der Waals surface area contributed by atoms with Gasteiger partial charge in [0, 0.05) is 50.6 Å². The maximum absolute atomic E-state index is 13.2. The van der Waals surface area contributed by atoms with Crippen LogP contribution in [0.15, 0.2) is 24.3 Å². The van der Waals surface area contributed by atoms with Crippen molar-refractivity contribution < 1.29 is 9.53 Å². The van der Waals surface area contributed by atoms with Crippen LogP contribution in [0.2, 0.25) is 0 Å². The Labute approximate surface area is 172 Å². The van der Waals surface area contributed by atoms with Crippen molar-refractivity contribution in [3.05, 3.63) is 52.5 Å². The molecule has 4 rings (SSSR count). The highest BCUT2D eigenvalue weighted by Crippen LogP contribution is 2.25. The van der Waals surface area contributed by atoms with Gasteiger partial charge in [-0.15, -0.1) is 0 Å². The van der Waals surface area contributed by atoms with E-state index in [9.17, 15) is 4.79 Å². The number of likely N-dealkylation sites (N-methyl/N-ethyl adjacent to an activating group) is 1. The van der Waals surface area contributed by atoms with Crippen LogP contribution in [0.4, 0.5) is 5.82 Å². The SMILES string of the molecule is COCc1nc(C)cc(N(C)C2CCCN(C(=O)c3ccc4c(c3)CCC4)C2)n1. The molecule has 1 aromatic heterocycles. The van der Waals surface area contributed by atoms with Gasteiger partial charge in [0.05, 0.1) is 0 Å². The van der Waals surface area contributed by atoms with Gasteiger partial charge in [-0.05, 0) is 62.3 Å². The molecule has 154 valence electrons. The van der Waals surface area contributed by atoms with E-state index in [1.807, 2.05) is 24.0 Å². The minimum absolute atomic E-state index is 0.150. The Morgan fingerprint density at radius 3 is 2.86 bits per heavy atom. The molecule has 6 heteroatoms. The average Bonchev–Trinajstić information content (AvgIpc) is 3.20. The number of carbonyl (C=O) groups excluding carboxylic acids is 1. The van der Waals surface area contributed by atoms with E-state index in [4.69, 9.17) is 4.74 Å². The zero-order chi connectivity index (χ0) is 20.4. The Balaban J connectivity index is 1.48. The van der Waals surface area contributed by atoms with Crippen LogP contribution < -0.4 is 4.90 Å². The lowest BCUT2D eigenvalue weighted by Crippen LogP contribution is -2.49. The third-order valence-electron chi connectivity index (χ3n) is 6.10. The molecule has 1 atom stereocenters. The van der Waals surface area contributed by atoms with Crippen molar-refractivity contribution in [1.29, 1.82) is 0 Å². The number of piperidine rings is 1. The van der Waals surface area contributed by atoms with Gasteiger partial charge in [0.1, 0.15) is 12.4 Å². The van der Waals surface area contributed by atoms with Crippen LogP contribution in [0.3, 0.4) is 0 Å². The molecular formula is C23H30N4O2. The van der Waals surface area contributed by atoms with Crippen LogP contribution in [0.1, 0.15) is 52.3 Å². The molecule has 0 saturated carbocycles. The number of aryl methyl sites for hydroxylation is 3. The summed E-state index contributed by atoms with van der Waals surface area (Å²) in [4.78, 5) is 26.4. The molecule has 0 N–H and O–H groups in total. The van der Waals surface area contributed by atoms with E-state index in [0.717, 1.165) is 55.8 Å². The maximum atomic E-state index is 13.2. The lowest BCUT2D eigenvalue weighted by Gasteiger charge is -2.38. The van der Waals surface area contributed by atoms with Crippen LogP contribution in [0.25, 0.3) is 0 Å². The topological polar surface area (TPSA) is 58.6 Å². The van der Waals surface area contributed by atoms with E-state index in [1.165, 1.54) is 17.5 Å². The van der Waals surface area contributed by atoms with Crippen molar-refractivity contribution in [1.82, 2.24) is 14.9 Å². The Morgan fingerprint density at radius 1 is 1.21 bits per heavy atom. The number of aromatic nitrogens is 2. The van der Waals surface area contributed by atoms with Crippen molar-refractivity contribution in [2.75, 3.05) is 32.1 Å². The summed E-state index contributed by atoms with van der Waals surface area (Å²) in [5, 5.41) is 0. The molecule has 2 heterocycles. The Morgan fingerprint density at radius 2 is 2.03 bits per heavy atom. The van der Waals surface area contributed by atoms with Gasteiger partial charge in [0.15, 0.2) is 5.82 Å². The summed E-state index contributed by atoms with van der Waals surface area (Å²) in [6, 6.07) is 8.50. The van der Waals surface area contributed by atoms with Gasteiger partial charge in [0.25, 0.3) is 5.91 Å². The predicted molar refractivity (Wildman–Crippen MR) is 113 cm³/mol. The van der Waals surface area contributed by atoms with E-state index >= 15 is 0 Å². The first-order valence-electron chi connectivity index (χ1n) is 10.5. The van der Waals surface area contributed by atoms with Crippen molar-refractivity contribution >= 4 is 11.7 Å². The van der Waals surface area contributed by atoms with Crippen molar-refractivity contribution in [3.8, 4) is 0 Å². The summed E-state index contributed by atoms with van der Waals surface area (Å²) in [7, 11) is 3.71. The second-order valence-electron chi connectivity index (χ2n) is 8.21. The standard InChI is InChI=1S/C23H30N4O2/c1-16-12-22(25-21(24-16)15-29-3)26(2)20-8-5-11-27(14-20)23(28)19-10-9-17-6-4-7-18(17)13-19/h9-10,12-13,20H,4-8,11,14-15H2,1-3H3. The number of hydrogen-bond acceptors (Lipinski definition) is 5. The minimum Gasteiger partial charge on any atom is -0.377 e. The zero-order valence-corrected chi connectivity index (χ0v) is 17.6. The molecular weight excluding hydrogens is 364 g/mol. The van der Waals surface area contributed by atoms with Crippen molar-refractivity contribution in [2.24, 2.45) is 0 Å². The van der Waals surface area contributed by atoms with Crippen LogP contribution >= 0.6 is 0 Å². The molecule has 0 bridgehead atoms. The van der Waals surface area contributed by atoms with E-state index < -0.39 is 0 Å². The molecule has 1 unspecified atom stereocenters. The Kier molecular flexibility index (Phi) is 5.81. The molecule has 1 aliphatic carbocycles. The number of ether oxygens (including phenoxy) is 1. The molecule has 1 fully saturated rings. The number of anilines is 1. The Bertz CT molecular complexity index is 898. The number of rotatable bonds is 5. The number of amides is 1. The normalized spacial score (nSPS) is 18.6. The summed E-state index contributed by atoms with van der Waals surface area (Å²) in [6.45, 7) is 3.91. The quantitative estimate of drug-likeness (QED) is 0.780. The van der Waals surface area contributed by atoms with Gasteiger partial charge in [-0.25, -0.2) is 9.97 Å². The fourth-order valence-corrected chi connectivity index (χ4v) is 4.52. The zero-order valence-electron chi connectivity index (χ0n) is 17.6. The van der Waals surface area contributed by atoms with E-state index in [-0.39, 0.29) is 11.9 Å². The number of hydrogen-bond donors (Lipinski definition) is 0. The summed E-state index contributed by atoms with van der Waals surface area (Å²) in [6.07, 6.45) is 5.49. The van der Waals surface area contributed by atoms with E-state index in [0.29, 0.717) is 12.4 Å². The number of methoxy groups -OCH3 is 1. The number of benzene rings is 1. The van der Waals surface area contributed by atoms with Crippen LogP contribution in [-0.2, 0) is 24.2 Å². The molecule has 1 saturated heterocycles. The highest BCUT2D eigenvalue weighted by Gasteiger charge is 2.28. The predicted octanol–water partition coefficient (Wildman–Crippen LogP) is 3.16. The van der Waals surface area contributed by atoms with Gasteiger partial charge >= 0.3 is 0 Å². The van der Waals surface area contributed by atoms with Gasteiger partial charge in [-0.3, -0.25) is 4.79 Å². The second kappa shape index (κ2) is 8.49. The first-order valence-corrected chi connectivity index (χ1v) is 10.5. The third-order valence-corrected chi connectivity index (χ3v) is 6.10. The lowest BCUT2D eigenvalue weighted by molar-refractivity contribution is 0.0707. The summed E-state index contributed by atoms with van der Waals surface area (Å²) in [5.41, 5.74) is 4.51. The molecule has 0 radical (unpaired) electrons. The number of fused-ring (bicyclic) bond motifs is 1. The van der Waals surface area contributed by atoms with Gasteiger partial charge in [-0.1, -0.05) is 6.07 Å². The Hall–Kier alpha value is -2.47. The largest absolute Gasteiger partial charge is 0.377 e. The van der Waals surface area contributed by atoms with Crippen molar-refractivity contribution in [3.63, 3.8) is 0 Å². The van der Waals surface area contributed by atoms with Crippen LogP contribution in [0.5, 0.6) is 0 Å². The highest BCUT2D eigenvalue weighted by atomic mass is 16.5. The first kappa shape index (κ1) is 19.8. The average molecular weight is 395 g/mol. The number of carbonyl (C=O) groups is 1. The molecule has 1 aromatic carbocycles. The lowest BCUT2D eigenvalue weighted by atomic mass is 10.0. The van der Waals surface area contributed by atoms with Crippen LogP contribution in [-0.4, -0.2) is 54.1 Å². The fraction of sp³-hybridized carbons (Fsp3) is 0.522. The number of nitrogens with zero attached hydrogens (tertiary/aromatic N) is 4. The minimum atomic E-state index is 0.150. The fourth-order valence-electron chi connectivity index (χ4n) is 4.52. The summed E-state index contributed by atoms with van der Waals surface area (Å²) < 4.78 is 5.20. The second-order valence-corrected chi connectivity index (χ2v) is 8.21. The summed E-state index contributed by atoms with van der Waals surface area (Å²) >= 11 is 0. The van der Waals surface area contributed by atoms with Gasteiger partial charge < -0.3 is 14.5 Å². The molecule has 0 spiro atoms. The molecule has 2 aromatic rings. The molecule has 1 amide bonds. The van der Waals surface area contributed by atoms with Gasteiger partial charge in [-0.2, -0.15) is 0 Å². The monoisotopic (exact) mass is 394 g/mol.